The van der Waals surface area contributed by atoms with E-state index in [1.165, 1.54) is 0 Å². The van der Waals surface area contributed by atoms with Gasteiger partial charge in [-0.05, 0) is 81.8 Å². The van der Waals surface area contributed by atoms with Crippen LogP contribution in [0.25, 0.3) is 0 Å². The van der Waals surface area contributed by atoms with Gasteiger partial charge in [-0.3, -0.25) is 9.59 Å². The van der Waals surface area contributed by atoms with Crippen molar-refractivity contribution < 1.29 is 19.1 Å². The van der Waals surface area contributed by atoms with Gasteiger partial charge in [0, 0.05) is 6.07 Å². The molecule has 2 fully saturated rings. The Bertz CT molecular complexity index is 1100. The molecule has 6 heteroatoms. The van der Waals surface area contributed by atoms with E-state index in [1.807, 2.05) is 18.2 Å². The van der Waals surface area contributed by atoms with E-state index in [9.17, 15) is 9.59 Å². The molecule has 0 atom stereocenters. The van der Waals surface area contributed by atoms with Crippen LogP contribution in [0.4, 0.5) is 0 Å². The molecule has 0 bridgehead atoms. The van der Waals surface area contributed by atoms with E-state index in [0.717, 1.165) is 18.4 Å². The topological polar surface area (TPSA) is 76.4 Å². The molecule has 4 rings (SSSR count). The molecular weight excluding hydrogens is 414 g/mol. The summed E-state index contributed by atoms with van der Waals surface area (Å²) < 4.78 is 11.8. The first-order valence-electron chi connectivity index (χ1n) is 10.3. The second-order valence-corrected chi connectivity index (χ2v) is 9.61. The van der Waals surface area contributed by atoms with Crippen LogP contribution in [0, 0.1) is 11.3 Å². The number of hydrogen-bond donors (Lipinski definition) is 0. The maximum Gasteiger partial charge on any atom is 0.179 e. The van der Waals surface area contributed by atoms with Gasteiger partial charge in [0.1, 0.15) is 34.7 Å². The summed E-state index contributed by atoms with van der Waals surface area (Å²) in [7, 11) is 0. The summed E-state index contributed by atoms with van der Waals surface area (Å²) in [4.78, 5) is 26.6. The van der Waals surface area contributed by atoms with Gasteiger partial charge in [0.15, 0.2) is 11.6 Å². The largest absolute Gasteiger partial charge is 0.457 e. The molecular formula is C25H24ClNO4. The first-order chi connectivity index (χ1) is 14.5. The van der Waals surface area contributed by atoms with Gasteiger partial charge in [-0.2, -0.15) is 5.26 Å². The van der Waals surface area contributed by atoms with E-state index >= 15 is 0 Å². The summed E-state index contributed by atoms with van der Waals surface area (Å²) in [6, 6.07) is 12.4. The van der Waals surface area contributed by atoms with Crippen LogP contribution in [0.5, 0.6) is 11.5 Å². The van der Waals surface area contributed by atoms with Crippen molar-refractivity contribution in [2.45, 2.75) is 63.6 Å². The minimum absolute atomic E-state index is 0.239. The quantitative estimate of drug-likeness (QED) is 0.574. The first-order valence-corrected chi connectivity index (χ1v) is 10.7. The SMILES string of the molecule is CC1(C)OC(C)(C)C(=O)C(c2cc(Oc3ccc(C#N)c(Cl)c3)ccc2C2CC2)C1=O. The number of carbonyl (C=O) groups excluding carboxylic acids is 2. The van der Waals surface area contributed by atoms with Crippen molar-refractivity contribution in [1.29, 1.82) is 5.26 Å². The van der Waals surface area contributed by atoms with Gasteiger partial charge in [-0.1, -0.05) is 17.7 Å². The third-order valence-electron chi connectivity index (χ3n) is 5.90. The Morgan fingerprint density at radius 3 is 2.10 bits per heavy atom. The van der Waals surface area contributed by atoms with Crippen LogP contribution in [-0.2, 0) is 14.3 Å². The Morgan fingerprint density at radius 2 is 1.55 bits per heavy atom. The minimum Gasteiger partial charge on any atom is -0.457 e. The van der Waals surface area contributed by atoms with Gasteiger partial charge in [-0.25, -0.2) is 0 Å². The Balaban J connectivity index is 1.76. The van der Waals surface area contributed by atoms with Crippen LogP contribution < -0.4 is 4.74 Å². The van der Waals surface area contributed by atoms with Gasteiger partial charge in [0.25, 0.3) is 0 Å². The van der Waals surface area contributed by atoms with Crippen molar-refractivity contribution in [3.63, 3.8) is 0 Å². The van der Waals surface area contributed by atoms with Crippen molar-refractivity contribution in [2.24, 2.45) is 0 Å². The molecule has 1 saturated carbocycles. The summed E-state index contributed by atoms with van der Waals surface area (Å²) in [5, 5.41) is 9.35. The lowest BCUT2D eigenvalue weighted by atomic mass is 9.73. The van der Waals surface area contributed by atoms with Crippen molar-refractivity contribution in [2.75, 3.05) is 0 Å². The molecule has 1 aliphatic carbocycles. The number of ketones is 2. The molecule has 0 amide bonds. The molecule has 2 aliphatic rings. The number of nitrogens with zero attached hydrogens (tertiary/aromatic N) is 1. The van der Waals surface area contributed by atoms with Crippen LogP contribution in [0.1, 0.15) is 69.1 Å². The minimum atomic E-state index is -1.07. The number of rotatable bonds is 4. The summed E-state index contributed by atoms with van der Waals surface area (Å²) in [6.07, 6.45) is 2.08. The first kappa shape index (κ1) is 21.5. The fourth-order valence-electron chi connectivity index (χ4n) is 4.25. The molecule has 160 valence electrons. The molecule has 0 aromatic heterocycles. The second kappa shape index (κ2) is 7.47. The molecule has 1 heterocycles. The third kappa shape index (κ3) is 3.98. The summed E-state index contributed by atoms with van der Waals surface area (Å²) in [6.45, 7) is 6.86. The number of ether oxygens (including phenoxy) is 2. The summed E-state index contributed by atoms with van der Waals surface area (Å²) in [5.41, 5.74) is -0.0628. The number of halogens is 1. The molecule has 1 saturated heterocycles. The lowest BCUT2D eigenvalue weighted by Gasteiger charge is -2.43. The molecule has 1 aliphatic heterocycles. The van der Waals surface area contributed by atoms with Crippen molar-refractivity contribution >= 4 is 23.2 Å². The van der Waals surface area contributed by atoms with Gasteiger partial charge in [0.2, 0.25) is 0 Å². The number of benzene rings is 2. The molecule has 0 N–H and O–H groups in total. The molecule has 2 aromatic rings. The van der Waals surface area contributed by atoms with E-state index in [4.69, 9.17) is 26.3 Å². The van der Waals surface area contributed by atoms with Crippen LogP contribution in [0.3, 0.4) is 0 Å². The van der Waals surface area contributed by atoms with E-state index in [2.05, 4.69) is 0 Å². The Kier molecular flexibility index (Phi) is 5.20. The zero-order valence-electron chi connectivity index (χ0n) is 18.0. The normalized spacial score (nSPS) is 20.4. The lowest BCUT2D eigenvalue weighted by Crippen LogP contribution is -2.58. The monoisotopic (exact) mass is 437 g/mol. The molecule has 0 spiro atoms. The van der Waals surface area contributed by atoms with Gasteiger partial charge < -0.3 is 9.47 Å². The fraction of sp³-hybridized carbons (Fsp3) is 0.400. The molecule has 0 radical (unpaired) electrons. The zero-order valence-corrected chi connectivity index (χ0v) is 18.7. The maximum atomic E-state index is 13.3. The zero-order chi connectivity index (χ0) is 22.6. The number of nitriles is 1. The second-order valence-electron chi connectivity index (χ2n) is 9.20. The predicted molar refractivity (Wildman–Crippen MR) is 117 cm³/mol. The van der Waals surface area contributed by atoms with Crippen molar-refractivity contribution in [3.05, 3.63) is 58.1 Å². The number of Topliss-reactive ketones (excluding diaryl/α,β-unsaturated/α-hetero) is 2. The van der Waals surface area contributed by atoms with E-state index in [0.29, 0.717) is 33.6 Å². The smallest absolute Gasteiger partial charge is 0.179 e. The van der Waals surface area contributed by atoms with Crippen LogP contribution in [0.15, 0.2) is 36.4 Å². The molecule has 0 unspecified atom stereocenters. The average Bonchev–Trinajstić information content (AvgIpc) is 3.52. The van der Waals surface area contributed by atoms with E-state index < -0.39 is 17.1 Å². The molecule has 2 aromatic carbocycles. The fourth-order valence-corrected chi connectivity index (χ4v) is 4.47. The highest BCUT2D eigenvalue weighted by atomic mass is 35.5. The van der Waals surface area contributed by atoms with E-state index in [1.54, 1.807) is 52.0 Å². The Labute approximate surface area is 186 Å². The van der Waals surface area contributed by atoms with Gasteiger partial charge >= 0.3 is 0 Å². The predicted octanol–water partition coefficient (Wildman–Crippen LogP) is 5.69. The highest BCUT2D eigenvalue weighted by Crippen LogP contribution is 2.47. The van der Waals surface area contributed by atoms with Crippen LogP contribution >= 0.6 is 11.6 Å². The van der Waals surface area contributed by atoms with Gasteiger partial charge in [0.05, 0.1) is 10.6 Å². The van der Waals surface area contributed by atoms with Crippen LogP contribution in [-0.4, -0.2) is 22.8 Å². The standard InChI is InChI=1S/C25H24ClNO4/c1-24(2)22(28)21(23(29)25(3,4)31-24)19-11-16(9-10-18(19)14-5-6-14)30-17-8-7-15(13-27)20(26)12-17/h7-12,14,21H,5-6H2,1-4H3. The Hall–Kier alpha value is -2.68. The van der Waals surface area contributed by atoms with E-state index in [-0.39, 0.29) is 11.6 Å². The van der Waals surface area contributed by atoms with Crippen molar-refractivity contribution in [1.82, 2.24) is 0 Å². The Morgan fingerprint density at radius 1 is 0.968 bits per heavy atom. The summed E-state index contributed by atoms with van der Waals surface area (Å²) in [5.74, 6) is -0.0533. The third-order valence-corrected chi connectivity index (χ3v) is 6.22. The average molecular weight is 438 g/mol. The van der Waals surface area contributed by atoms with Crippen molar-refractivity contribution in [3.8, 4) is 17.6 Å². The molecule has 31 heavy (non-hydrogen) atoms. The van der Waals surface area contributed by atoms with Crippen LogP contribution in [0.2, 0.25) is 5.02 Å². The highest BCUT2D eigenvalue weighted by Gasteiger charge is 2.53. The number of hydrogen-bond acceptors (Lipinski definition) is 5. The summed E-state index contributed by atoms with van der Waals surface area (Å²) >= 11 is 6.12. The lowest BCUT2D eigenvalue weighted by molar-refractivity contribution is -0.184. The molecule has 5 nitrogen and oxygen atoms in total. The maximum absolute atomic E-state index is 13.3. The number of carbonyl (C=O) groups is 2. The highest BCUT2D eigenvalue weighted by molar-refractivity contribution is 6.31. The van der Waals surface area contributed by atoms with Gasteiger partial charge in [-0.15, -0.1) is 0 Å².